The van der Waals surface area contributed by atoms with Gasteiger partial charge in [0.15, 0.2) is 5.11 Å². The van der Waals surface area contributed by atoms with Crippen LogP contribution >= 0.6 is 12.2 Å². The maximum Gasteiger partial charge on any atom is 0.187 e. The molecule has 3 rings (SSSR count). The molecule has 160 valence electrons. The van der Waals surface area contributed by atoms with E-state index >= 15 is 0 Å². The molecule has 2 aliphatic rings. The van der Waals surface area contributed by atoms with E-state index < -0.39 is 0 Å². The minimum Gasteiger partial charge on any atom is -0.496 e. The number of hydrazone groups is 1. The summed E-state index contributed by atoms with van der Waals surface area (Å²) < 4.78 is 11.0. The number of morpholine rings is 1. The van der Waals surface area contributed by atoms with Gasteiger partial charge in [0.25, 0.3) is 0 Å². The van der Waals surface area contributed by atoms with Crippen LogP contribution in [0.2, 0.25) is 0 Å². The Hall–Kier alpha value is -1.70. The van der Waals surface area contributed by atoms with Gasteiger partial charge in [-0.3, -0.25) is 10.3 Å². The van der Waals surface area contributed by atoms with Crippen molar-refractivity contribution in [2.45, 2.75) is 52.1 Å². The monoisotopic (exact) mass is 418 g/mol. The average Bonchev–Trinajstić information content (AvgIpc) is 2.74. The highest BCUT2D eigenvalue weighted by Crippen LogP contribution is 2.24. The third kappa shape index (κ3) is 6.39. The summed E-state index contributed by atoms with van der Waals surface area (Å²) in [4.78, 5) is 2.39. The number of nitrogens with one attached hydrogen (secondary N) is 2. The van der Waals surface area contributed by atoms with Gasteiger partial charge in [0.1, 0.15) is 5.75 Å². The number of thiocarbonyl (C=S) groups is 1. The van der Waals surface area contributed by atoms with Crippen LogP contribution in [0.3, 0.4) is 0 Å². The molecule has 1 aliphatic carbocycles. The van der Waals surface area contributed by atoms with E-state index in [0.717, 1.165) is 55.4 Å². The summed E-state index contributed by atoms with van der Waals surface area (Å²) in [5.41, 5.74) is 6.16. The largest absolute Gasteiger partial charge is 0.496 e. The van der Waals surface area contributed by atoms with Crippen LogP contribution in [0.25, 0.3) is 0 Å². The van der Waals surface area contributed by atoms with Crippen molar-refractivity contribution in [3.8, 4) is 5.75 Å². The lowest BCUT2D eigenvalue weighted by molar-refractivity contribution is 0.0339. The maximum absolute atomic E-state index is 5.57. The Morgan fingerprint density at radius 2 is 2.03 bits per heavy atom. The van der Waals surface area contributed by atoms with Crippen molar-refractivity contribution in [1.82, 2.24) is 15.6 Å². The van der Waals surface area contributed by atoms with Crippen molar-refractivity contribution in [1.29, 1.82) is 0 Å². The molecule has 1 aliphatic heterocycles. The molecule has 2 fully saturated rings. The van der Waals surface area contributed by atoms with E-state index in [0.29, 0.717) is 17.1 Å². The van der Waals surface area contributed by atoms with Crippen LogP contribution < -0.4 is 15.5 Å². The van der Waals surface area contributed by atoms with E-state index in [1.54, 1.807) is 7.11 Å². The van der Waals surface area contributed by atoms with Crippen LogP contribution in [0.15, 0.2) is 23.3 Å². The molecule has 1 saturated carbocycles. The van der Waals surface area contributed by atoms with E-state index in [2.05, 4.69) is 33.7 Å². The fraction of sp³-hybridized carbons (Fsp3) is 0.636. The van der Waals surface area contributed by atoms with Crippen molar-refractivity contribution in [2.75, 3.05) is 33.4 Å². The Bertz CT molecular complexity index is 719. The zero-order valence-electron chi connectivity index (χ0n) is 17.9. The van der Waals surface area contributed by atoms with Crippen molar-refractivity contribution in [3.63, 3.8) is 0 Å². The highest BCUT2D eigenvalue weighted by molar-refractivity contribution is 7.80. The molecule has 1 aromatic rings. The average molecular weight is 419 g/mol. The van der Waals surface area contributed by atoms with Gasteiger partial charge in [-0.25, -0.2) is 0 Å². The zero-order chi connectivity index (χ0) is 20.6. The summed E-state index contributed by atoms with van der Waals surface area (Å²) in [6.45, 7) is 8.61. The topological polar surface area (TPSA) is 58.1 Å². The predicted octanol–water partition coefficient (Wildman–Crippen LogP) is 3.29. The summed E-state index contributed by atoms with van der Waals surface area (Å²) >= 11 is 5.46. The number of hydrogen-bond donors (Lipinski definition) is 2. The van der Waals surface area contributed by atoms with Crippen LogP contribution in [0, 0.1) is 5.92 Å². The predicted molar refractivity (Wildman–Crippen MR) is 122 cm³/mol. The number of ether oxygens (including phenoxy) is 2. The third-order valence-corrected chi connectivity index (χ3v) is 6.16. The van der Waals surface area contributed by atoms with Crippen molar-refractivity contribution >= 4 is 23.0 Å². The van der Waals surface area contributed by atoms with E-state index in [9.17, 15) is 0 Å². The summed E-state index contributed by atoms with van der Waals surface area (Å²) in [7, 11) is 1.72. The molecular formula is C22H34N4O2S. The van der Waals surface area contributed by atoms with Crippen LogP contribution in [0.4, 0.5) is 0 Å². The molecule has 1 heterocycles. The number of benzene rings is 1. The van der Waals surface area contributed by atoms with E-state index in [-0.39, 0.29) is 0 Å². The molecule has 0 radical (unpaired) electrons. The summed E-state index contributed by atoms with van der Waals surface area (Å²) in [6, 6.07) is 6.67. The van der Waals surface area contributed by atoms with Gasteiger partial charge in [0.05, 0.1) is 26.0 Å². The maximum atomic E-state index is 5.57. The van der Waals surface area contributed by atoms with Gasteiger partial charge in [-0.15, -0.1) is 0 Å². The Kier molecular flexibility index (Phi) is 8.27. The lowest BCUT2D eigenvalue weighted by Gasteiger charge is -2.30. The number of hydrogen-bond acceptors (Lipinski definition) is 5. The Morgan fingerprint density at radius 1 is 1.28 bits per heavy atom. The molecule has 7 heteroatoms. The summed E-state index contributed by atoms with van der Waals surface area (Å²) in [6.07, 6.45) is 5.03. The van der Waals surface area contributed by atoms with Crippen molar-refractivity contribution < 1.29 is 9.47 Å². The molecule has 2 atom stereocenters. The third-order valence-electron chi connectivity index (χ3n) is 5.95. The fourth-order valence-electron chi connectivity index (χ4n) is 4.06. The summed E-state index contributed by atoms with van der Waals surface area (Å²) in [5.74, 6) is 1.56. The molecule has 0 unspecified atom stereocenters. The first kappa shape index (κ1) is 22.0. The SMILES string of the molecule is COc1ccc(/C(C)=N\NC(=S)N[C@@H]2CCCC[C@H]2C)cc1CN1CCOCC1. The molecule has 2 N–H and O–H groups in total. The normalized spacial score (nSPS) is 23.5. The lowest BCUT2D eigenvalue weighted by atomic mass is 9.86. The highest BCUT2D eigenvalue weighted by atomic mass is 32.1. The lowest BCUT2D eigenvalue weighted by Crippen LogP contribution is -2.44. The molecule has 0 bridgehead atoms. The molecule has 6 nitrogen and oxygen atoms in total. The Balaban J connectivity index is 1.62. The van der Waals surface area contributed by atoms with E-state index in [4.69, 9.17) is 21.7 Å². The minimum atomic E-state index is 0.445. The fourth-order valence-corrected chi connectivity index (χ4v) is 4.25. The Labute approximate surface area is 180 Å². The minimum absolute atomic E-state index is 0.445. The quantitative estimate of drug-likeness (QED) is 0.420. The molecule has 1 aromatic carbocycles. The first-order valence-electron chi connectivity index (χ1n) is 10.6. The smallest absolute Gasteiger partial charge is 0.187 e. The van der Waals surface area contributed by atoms with Gasteiger partial charge in [-0.2, -0.15) is 5.10 Å². The molecule has 1 saturated heterocycles. The first-order chi connectivity index (χ1) is 14.1. The molecular weight excluding hydrogens is 384 g/mol. The second-order valence-corrected chi connectivity index (χ2v) is 8.47. The number of rotatable bonds is 6. The van der Waals surface area contributed by atoms with Crippen LogP contribution in [0.1, 0.15) is 50.7 Å². The van der Waals surface area contributed by atoms with Crippen LogP contribution in [0.5, 0.6) is 5.75 Å². The first-order valence-corrected chi connectivity index (χ1v) is 11.1. The second kappa shape index (κ2) is 10.9. The highest BCUT2D eigenvalue weighted by Gasteiger charge is 2.21. The zero-order valence-corrected chi connectivity index (χ0v) is 18.7. The van der Waals surface area contributed by atoms with E-state index in [1.807, 2.05) is 19.1 Å². The van der Waals surface area contributed by atoms with Gasteiger partial charge in [0.2, 0.25) is 0 Å². The van der Waals surface area contributed by atoms with Gasteiger partial charge >= 0.3 is 0 Å². The molecule has 0 aromatic heterocycles. The number of nitrogens with zero attached hydrogens (tertiary/aromatic N) is 2. The summed E-state index contributed by atoms with van der Waals surface area (Å²) in [5, 5.41) is 8.55. The second-order valence-electron chi connectivity index (χ2n) is 8.07. The van der Waals surface area contributed by atoms with Crippen LogP contribution in [-0.2, 0) is 11.3 Å². The van der Waals surface area contributed by atoms with Gasteiger partial charge in [-0.1, -0.05) is 19.8 Å². The number of methoxy groups -OCH3 is 1. The molecule has 0 amide bonds. The standard InChI is InChI=1S/C22H34N4O2S/c1-16-6-4-5-7-20(16)23-22(29)25-24-17(2)18-8-9-21(27-3)19(14-18)15-26-10-12-28-13-11-26/h8-9,14,16,20H,4-7,10-13,15H2,1-3H3,(H2,23,25,29)/b24-17-/t16-,20-/m1/s1. The van der Waals surface area contributed by atoms with Gasteiger partial charge in [-0.05, 0) is 61.7 Å². The van der Waals surface area contributed by atoms with Crippen LogP contribution in [-0.4, -0.2) is 55.2 Å². The molecule has 0 spiro atoms. The Morgan fingerprint density at radius 3 is 2.76 bits per heavy atom. The van der Waals surface area contributed by atoms with E-state index in [1.165, 1.54) is 25.7 Å². The molecule has 29 heavy (non-hydrogen) atoms. The van der Waals surface area contributed by atoms with Crippen molar-refractivity contribution in [3.05, 3.63) is 29.3 Å². The van der Waals surface area contributed by atoms with Gasteiger partial charge < -0.3 is 14.8 Å². The van der Waals surface area contributed by atoms with Crippen molar-refractivity contribution in [2.24, 2.45) is 11.0 Å². The van der Waals surface area contributed by atoms with Gasteiger partial charge in [0, 0.05) is 31.2 Å².